The number of aromatic amines is 1. The zero-order valence-electron chi connectivity index (χ0n) is 27.8. The largest absolute Gasteiger partial charge is 0.493 e. The Kier molecular flexibility index (Phi) is 10.4. The average Bonchev–Trinajstić information content (AvgIpc) is 3.12. The maximum Gasteiger partial charge on any atom is 0.261 e. The van der Waals surface area contributed by atoms with E-state index in [-0.39, 0.29) is 41.5 Å². The van der Waals surface area contributed by atoms with Crippen LogP contribution in [0.3, 0.4) is 0 Å². The Hall–Kier alpha value is -4.07. The lowest BCUT2D eigenvalue weighted by atomic mass is 9.94. The third kappa shape index (κ3) is 8.22. The van der Waals surface area contributed by atoms with Crippen LogP contribution in [0, 0.1) is 11.7 Å². The number of hydrogen-bond donors (Lipinski definition) is 3. The molecule has 4 fully saturated rings. The van der Waals surface area contributed by atoms with E-state index in [0.717, 1.165) is 70.4 Å². The van der Waals surface area contributed by atoms with Gasteiger partial charge in [0.25, 0.3) is 5.56 Å². The van der Waals surface area contributed by atoms with Crippen LogP contribution in [0.15, 0.2) is 41.2 Å². The quantitative estimate of drug-likeness (QED) is 0.273. The summed E-state index contributed by atoms with van der Waals surface area (Å²) in [7, 11) is 0. The highest BCUT2D eigenvalue weighted by Crippen LogP contribution is 2.29. The molecule has 0 saturated carbocycles. The molecule has 4 saturated heterocycles. The predicted molar refractivity (Wildman–Crippen MR) is 182 cm³/mol. The van der Waals surface area contributed by atoms with Crippen molar-refractivity contribution < 1.29 is 28.2 Å². The number of ether oxygens (including phenoxy) is 3. The molecule has 1 aromatic heterocycles. The zero-order chi connectivity index (χ0) is 33.7. The van der Waals surface area contributed by atoms with Crippen LogP contribution in [0.1, 0.15) is 57.2 Å². The number of likely N-dealkylation sites (tertiary alicyclic amines) is 1. The van der Waals surface area contributed by atoms with Crippen molar-refractivity contribution in [2.75, 3.05) is 56.2 Å². The van der Waals surface area contributed by atoms with Gasteiger partial charge in [-0.2, -0.15) is 0 Å². The summed E-state index contributed by atoms with van der Waals surface area (Å²) < 4.78 is 32.3. The lowest BCUT2D eigenvalue weighted by molar-refractivity contribution is -0.133. The molecule has 49 heavy (non-hydrogen) atoms. The SMILES string of the molecule is O=C1CCC(Nc2ccc(N3CCC(N4CCC(COc5cc(F)c6c(=O)[nH]c(COC7CCOCC7)nc6c5)CC4)CC3)cc2)C(=O)N1. The van der Waals surface area contributed by atoms with Gasteiger partial charge in [0.2, 0.25) is 11.8 Å². The van der Waals surface area contributed by atoms with Crippen LogP contribution in [0.5, 0.6) is 5.75 Å². The van der Waals surface area contributed by atoms with E-state index in [0.29, 0.717) is 56.2 Å². The minimum Gasteiger partial charge on any atom is -0.493 e. The van der Waals surface area contributed by atoms with Crippen molar-refractivity contribution in [3.8, 4) is 5.75 Å². The molecule has 3 aromatic rings. The van der Waals surface area contributed by atoms with Gasteiger partial charge in [-0.3, -0.25) is 19.7 Å². The molecule has 0 radical (unpaired) electrons. The van der Waals surface area contributed by atoms with E-state index in [2.05, 4.69) is 42.5 Å². The fraction of sp³-hybridized carbons (Fsp3) is 0.556. The Morgan fingerprint density at radius 1 is 0.939 bits per heavy atom. The molecule has 0 spiro atoms. The molecule has 5 heterocycles. The highest BCUT2D eigenvalue weighted by molar-refractivity contribution is 6.01. The number of carbonyl (C=O) groups is 2. The fourth-order valence-corrected chi connectivity index (χ4v) is 7.43. The van der Waals surface area contributed by atoms with E-state index in [1.54, 1.807) is 6.07 Å². The van der Waals surface area contributed by atoms with Crippen molar-refractivity contribution in [3.63, 3.8) is 0 Å². The van der Waals surface area contributed by atoms with Gasteiger partial charge in [-0.05, 0) is 88.2 Å². The second kappa shape index (κ2) is 15.2. The number of amides is 2. The third-order valence-corrected chi connectivity index (χ3v) is 10.3. The molecule has 262 valence electrons. The lowest BCUT2D eigenvalue weighted by Crippen LogP contribution is -2.48. The van der Waals surface area contributed by atoms with Crippen molar-refractivity contribution in [2.45, 2.75) is 76.2 Å². The van der Waals surface area contributed by atoms with Gasteiger partial charge in [0.1, 0.15) is 35.4 Å². The molecule has 4 aliphatic rings. The van der Waals surface area contributed by atoms with Crippen LogP contribution in [-0.2, 0) is 25.7 Å². The number of nitrogens with zero attached hydrogens (tertiary/aromatic N) is 3. The molecule has 4 aliphatic heterocycles. The standard InChI is InChI=1S/C36H45FN6O6/c37-29-19-28(20-31-34(29)36(46)40-32(39-31)22-49-27-11-17-47-18-12-27)48-21-23-7-13-42(14-8-23)26-9-15-43(16-10-26)25-3-1-24(2-4-25)38-30-5-6-33(44)41-35(30)45/h1-4,19-20,23,26-27,30,38H,5-18,21-22H2,(H,39,40,46)(H,41,44,45). The van der Waals surface area contributed by atoms with Gasteiger partial charge in [-0.1, -0.05) is 0 Å². The summed E-state index contributed by atoms with van der Waals surface area (Å²) in [6.45, 7) is 5.96. The Labute approximate surface area is 284 Å². The molecule has 0 bridgehead atoms. The van der Waals surface area contributed by atoms with Gasteiger partial charge >= 0.3 is 0 Å². The first kappa shape index (κ1) is 33.4. The maximum absolute atomic E-state index is 15.0. The summed E-state index contributed by atoms with van der Waals surface area (Å²) in [6.07, 6.45) is 6.75. The molecule has 0 aliphatic carbocycles. The van der Waals surface area contributed by atoms with E-state index in [4.69, 9.17) is 14.2 Å². The van der Waals surface area contributed by atoms with Gasteiger partial charge in [-0.15, -0.1) is 0 Å². The van der Waals surface area contributed by atoms with Gasteiger partial charge < -0.3 is 34.3 Å². The first-order chi connectivity index (χ1) is 23.9. The van der Waals surface area contributed by atoms with Crippen molar-refractivity contribution in [1.29, 1.82) is 0 Å². The average molecular weight is 677 g/mol. The summed E-state index contributed by atoms with van der Waals surface area (Å²) in [4.78, 5) is 48.3. The van der Waals surface area contributed by atoms with Crippen molar-refractivity contribution in [1.82, 2.24) is 20.2 Å². The first-order valence-corrected chi connectivity index (χ1v) is 17.6. The number of aromatic nitrogens is 2. The van der Waals surface area contributed by atoms with Gasteiger partial charge in [0.15, 0.2) is 0 Å². The van der Waals surface area contributed by atoms with Crippen LogP contribution in [0.2, 0.25) is 0 Å². The Morgan fingerprint density at radius 3 is 2.43 bits per heavy atom. The number of imide groups is 1. The number of H-pyrrole nitrogens is 1. The number of anilines is 2. The maximum atomic E-state index is 15.0. The van der Waals surface area contributed by atoms with E-state index >= 15 is 0 Å². The van der Waals surface area contributed by atoms with E-state index in [9.17, 15) is 18.8 Å². The lowest BCUT2D eigenvalue weighted by Gasteiger charge is -2.42. The molecular weight excluding hydrogens is 631 g/mol. The summed E-state index contributed by atoms with van der Waals surface area (Å²) >= 11 is 0. The van der Waals surface area contributed by atoms with Gasteiger partial charge in [0, 0.05) is 62.3 Å². The topological polar surface area (TPSA) is 138 Å². The highest BCUT2D eigenvalue weighted by Gasteiger charge is 2.29. The number of carbonyl (C=O) groups excluding carboxylic acids is 2. The predicted octanol–water partition coefficient (Wildman–Crippen LogP) is 3.73. The highest BCUT2D eigenvalue weighted by atomic mass is 19.1. The Morgan fingerprint density at radius 2 is 1.69 bits per heavy atom. The molecule has 3 N–H and O–H groups in total. The number of piperidine rings is 3. The molecule has 7 rings (SSSR count). The Bertz CT molecular complexity index is 1680. The summed E-state index contributed by atoms with van der Waals surface area (Å²) in [5.74, 6) is 0.00936. The van der Waals surface area contributed by atoms with Crippen LogP contribution in [0.4, 0.5) is 15.8 Å². The second-order valence-electron chi connectivity index (χ2n) is 13.6. The minimum atomic E-state index is -0.640. The van der Waals surface area contributed by atoms with Crippen molar-refractivity contribution >= 4 is 34.1 Å². The van der Waals surface area contributed by atoms with E-state index < -0.39 is 11.4 Å². The first-order valence-electron chi connectivity index (χ1n) is 17.6. The number of benzene rings is 2. The molecular formula is C36H45FN6O6. The van der Waals surface area contributed by atoms with E-state index in [1.807, 2.05) is 12.1 Å². The van der Waals surface area contributed by atoms with Crippen LogP contribution in [-0.4, -0.2) is 90.9 Å². The van der Waals surface area contributed by atoms with Crippen LogP contribution in [0.25, 0.3) is 10.9 Å². The number of halogens is 1. The summed E-state index contributed by atoms with van der Waals surface area (Å²) in [5, 5.41) is 5.56. The summed E-state index contributed by atoms with van der Waals surface area (Å²) in [5.41, 5.74) is 1.80. The van der Waals surface area contributed by atoms with E-state index in [1.165, 1.54) is 11.8 Å². The third-order valence-electron chi connectivity index (χ3n) is 10.3. The van der Waals surface area contributed by atoms with Crippen molar-refractivity contribution in [3.05, 3.63) is 58.4 Å². The fourth-order valence-electron chi connectivity index (χ4n) is 7.43. The molecule has 1 unspecified atom stereocenters. The second-order valence-corrected chi connectivity index (χ2v) is 13.6. The molecule has 2 amide bonds. The molecule has 2 aromatic carbocycles. The number of hydrogen-bond acceptors (Lipinski definition) is 10. The monoisotopic (exact) mass is 676 g/mol. The van der Waals surface area contributed by atoms with Crippen molar-refractivity contribution in [2.24, 2.45) is 5.92 Å². The van der Waals surface area contributed by atoms with Crippen LogP contribution < -0.4 is 25.8 Å². The number of nitrogens with one attached hydrogen (secondary N) is 3. The summed E-state index contributed by atoms with van der Waals surface area (Å²) in [6, 6.07) is 11.3. The number of rotatable bonds is 10. The van der Waals surface area contributed by atoms with Crippen LogP contribution >= 0.6 is 0 Å². The molecule has 12 nitrogen and oxygen atoms in total. The smallest absolute Gasteiger partial charge is 0.261 e. The molecule has 1 atom stereocenters. The Balaban J connectivity index is 0.856. The number of fused-ring (bicyclic) bond motifs is 1. The zero-order valence-corrected chi connectivity index (χ0v) is 27.8. The normalized spacial score (nSPS) is 22.0. The molecule has 13 heteroatoms. The van der Waals surface area contributed by atoms with Gasteiger partial charge in [-0.25, -0.2) is 9.37 Å². The minimum absolute atomic E-state index is 0.0580. The van der Waals surface area contributed by atoms with Gasteiger partial charge in [0.05, 0.1) is 18.2 Å².